The minimum atomic E-state index is -4.66. The minimum absolute atomic E-state index is 0. The first-order valence-electron chi connectivity index (χ1n) is 8.30. The fraction of sp³-hybridized carbons (Fsp3) is 0.562. The highest BCUT2D eigenvalue weighted by molar-refractivity contribution is 5.85. The highest BCUT2D eigenvalue weighted by Gasteiger charge is 2.33. The van der Waals surface area contributed by atoms with Gasteiger partial charge in [-0.2, -0.15) is 13.2 Å². The third kappa shape index (κ3) is 6.55. The molecule has 0 aliphatic carbocycles. The Bertz CT molecular complexity index is 673. The Morgan fingerprint density at radius 3 is 2.70 bits per heavy atom. The molecule has 0 radical (unpaired) electrons. The molecular formula is C16H22ClF3N4O3. The summed E-state index contributed by atoms with van der Waals surface area (Å²) in [4.78, 5) is 22.1. The van der Waals surface area contributed by atoms with Gasteiger partial charge in [-0.05, 0) is 38.4 Å². The number of nitro groups is 1. The van der Waals surface area contributed by atoms with Gasteiger partial charge in [0.05, 0.1) is 10.5 Å². The van der Waals surface area contributed by atoms with E-state index in [4.69, 9.17) is 0 Å². The number of carbonyl (C=O) groups is 1. The number of nitrogens with zero attached hydrogens (tertiary/aromatic N) is 1. The molecule has 1 aliphatic heterocycles. The maximum absolute atomic E-state index is 12.7. The van der Waals surface area contributed by atoms with Crippen molar-refractivity contribution in [1.82, 2.24) is 10.6 Å². The molecule has 1 aromatic carbocycles. The van der Waals surface area contributed by atoms with Gasteiger partial charge in [0.2, 0.25) is 5.91 Å². The molecule has 1 heterocycles. The van der Waals surface area contributed by atoms with Gasteiger partial charge in [-0.15, -0.1) is 12.4 Å². The molecule has 0 saturated carbocycles. The van der Waals surface area contributed by atoms with Crippen molar-refractivity contribution in [2.75, 3.05) is 18.4 Å². The fourth-order valence-corrected chi connectivity index (χ4v) is 2.84. The quantitative estimate of drug-likeness (QED) is 0.494. The third-order valence-corrected chi connectivity index (χ3v) is 4.30. The predicted molar refractivity (Wildman–Crippen MR) is 97.1 cm³/mol. The number of carbonyl (C=O) groups excluding carboxylic acids is 1. The van der Waals surface area contributed by atoms with Crippen molar-refractivity contribution in [2.45, 2.75) is 44.4 Å². The Kier molecular flexibility index (Phi) is 8.29. The van der Waals surface area contributed by atoms with Crippen LogP contribution in [0, 0.1) is 10.1 Å². The molecule has 152 valence electrons. The van der Waals surface area contributed by atoms with Gasteiger partial charge >= 0.3 is 6.18 Å². The summed E-state index contributed by atoms with van der Waals surface area (Å²) in [7, 11) is 0. The monoisotopic (exact) mass is 410 g/mol. The number of nitro benzene ring substituents is 1. The van der Waals surface area contributed by atoms with E-state index in [0.717, 1.165) is 31.5 Å². The van der Waals surface area contributed by atoms with Crippen LogP contribution in [0.15, 0.2) is 18.2 Å². The lowest BCUT2D eigenvalue weighted by atomic mass is 10.00. The predicted octanol–water partition coefficient (Wildman–Crippen LogP) is 3.09. The standard InChI is InChI=1S/C16H21F3N4O3.ClH/c1-10-12(3-2-7-20-10)22-15(24)6-8-21-13-5-4-11(16(17,18)19)9-14(13)23(25)26;/h4-5,9-10,12,20-21H,2-3,6-8H2,1H3,(H,22,24);1H. The Morgan fingerprint density at radius 2 is 2.11 bits per heavy atom. The van der Waals surface area contributed by atoms with Crippen LogP contribution in [0.4, 0.5) is 24.5 Å². The van der Waals surface area contributed by atoms with Crippen LogP contribution in [0.5, 0.6) is 0 Å². The highest BCUT2D eigenvalue weighted by Crippen LogP contribution is 2.34. The average molecular weight is 411 g/mol. The van der Waals surface area contributed by atoms with Gasteiger partial charge in [-0.1, -0.05) is 0 Å². The van der Waals surface area contributed by atoms with E-state index >= 15 is 0 Å². The maximum atomic E-state index is 12.7. The van der Waals surface area contributed by atoms with Crippen molar-refractivity contribution in [3.63, 3.8) is 0 Å². The summed E-state index contributed by atoms with van der Waals surface area (Å²) in [5, 5.41) is 19.8. The summed E-state index contributed by atoms with van der Waals surface area (Å²) >= 11 is 0. The molecule has 1 aromatic rings. The number of alkyl halides is 3. The number of halogens is 4. The van der Waals surface area contributed by atoms with Gasteiger partial charge in [0, 0.05) is 31.1 Å². The summed E-state index contributed by atoms with van der Waals surface area (Å²) in [5.74, 6) is -0.215. The summed E-state index contributed by atoms with van der Waals surface area (Å²) < 4.78 is 38.0. The van der Waals surface area contributed by atoms with Crippen LogP contribution in [0.25, 0.3) is 0 Å². The first-order valence-corrected chi connectivity index (χ1v) is 8.30. The molecule has 2 unspecified atom stereocenters. The average Bonchev–Trinajstić information content (AvgIpc) is 2.56. The first kappa shape index (κ1) is 23.0. The number of hydrogen-bond acceptors (Lipinski definition) is 5. The lowest BCUT2D eigenvalue weighted by Crippen LogP contribution is -2.52. The molecule has 3 N–H and O–H groups in total. The number of amides is 1. The normalized spacial score (nSPS) is 19.7. The lowest BCUT2D eigenvalue weighted by Gasteiger charge is -2.30. The second kappa shape index (κ2) is 9.75. The van der Waals surface area contributed by atoms with Crippen LogP contribution in [0.2, 0.25) is 0 Å². The maximum Gasteiger partial charge on any atom is 0.416 e. The number of rotatable bonds is 6. The topological polar surface area (TPSA) is 96.3 Å². The molecule has 27 heavy (non-hydrogen) atoms. The van der Waals surface area contributed by atoms with E-state index < -0.39 is 22.4 Å². The Morgan fingerprint density at radius 1 is 1.41 bits per heavy atom. The zero-order chi connectivity index (χ0) is 19.3. The van der Waals surface area contributed by atoms with Crippen molar-refractivity contribution in [3.05, 3.63) is 33.9 Å². The van der Waals surface area contributed by atoms with Crippen molar-refractivity contribution in [1.29, 1.82) is 0 Å². The van der Waals surface area contributed by atoms with Crippen molar-refractivity contribution in [2.24, 2.45) is 0 Å². The molecule has 1 fully saturated rings. The first-order chi connectivity index (χ1) is 12.2. The minimum Gasteiger partial charge on any atom is -0.379 e. The van der Waals surface area contributed by atoms with Crippen LogP contribution in [0.3, 0.4) is 0 Å². The van der Waals surface area contributed by atoms with E-state index in [1.54, 1.807) is 0 Å². The van der Waals surface area contributed by atoms with Gasteiger partial charge in [-0.25, -0.2) is 0 Å². The summed E-state index contributed by atoms with van der Waals surface area (Å²) in [6, 6.07) is 2.45. The number of hydrogen-bond donors (Lipinski definition) is 3. The molecule has 1 aliphatic rings. The van der Waals surface area contributed by atoms with Crippen LogP contribution in [-0.4, -0.2) is 36.0 Å². The Hall–Kier alpha value is -2.07. The van der Waals surface area contributed by atoms with Gasteiger partial charge in [0.25, 0.3) is 5.69 Å². The number of nitrogens with one attached hydrogen (secondary N) is 3. The van der Waals surface area contributed by atoms with Crippen LogP contribution in [-0.2, 0) is 11.0 Å². The molecule has 2 rings (SSSR count). The molecule has 7 nitrogen and oxygen atoms in total. The van der Waals surface area contributed by atoms with Gasteiger partial charge < -0.3 is 16.0 Å². The molecule has 11 heteroatoms. The van der Waals surface area contributed by atoms with Crippen molar-refractivity contribution >= 4 is 29.7 Å². The number of piperidine rings is 1. The van der Waals surface area contributed by atoms with Gasteiger partial charge in [0.15, 0.2) is 0 Å². The molecule has 1 amide bonds. The molecule has 1 saturated heterocycles. The van der Waals surface area contributed by atoms with Gasteiger partial charge in [0.1, 0.15) is 5.69 Å². The van der Waals surface area contributed by atoms with Crippen LogP contribution < -0.4 is 16.0 Å². The molecular weight excluding hydrogens is 389 g/mol. The molecule has 0 aromatic heterocycles. The Balaban J connectivity index is 0.00000364. The summed E-state index contributed by atoms with van der Waals surface area (Å²) in [5.41, 5.74) is -1.82. The zero-order valence-corrected chi connectivity index (χ0v) is 15.5. The molecule has 0 spiro atoms. The highest BCUT2D eigenvalue weighted by atomic mass is 35.5. The van der Waals surface area contributed by atoms with E-state index in [1.165, 1.54) is 0 Å². The zero-order valence-electron chi connectivity index (χ0n) is 14.6. The number of anilines is 1. The van der Waals surface area contributed by atoms with Crippen LogP contribution >= 0.6 is 12.4 Å². The summed E-state index contributed by atoms with van der Waals surface area (Å²) in [6.45, 7) is 2.97. The second-order valence-corrected chi connectivity index (χ2v) is 6.22. The Labute approximate surface area is 160 Å². The SMILES string of the molecule is CC1NCCCC1NC(=O)CCNc1ccc(C(F)(F)F)cc1[N+](=O)[O-].Cl. The number of benzene rings is 1. The van der Waals surface area contributed by atoms with E-state index in [0.29, 0.717) is 6.07 Å². The third-order valence-electron chi connectivity index (χ3n) is 4.30. The van der Waals surface area contributed by atoms with E-state index in [2.05, 4.69) is 16.0 Å². The van der Waals surface area contributed by atoms with E-state index in [9.17, 15) is 28.1 Å². The molecule has 2 atom stereocenters. The second-order valence-electron chi connectivity index (χ2n) is 6.22. The smallest absolute Gasteiger partial charge is 0.379 e. The lowest BCUT2D eigenvalue weighted by molar-refractivity contribution is -0.384. The van der Waals surface area contributed by atoms with Crippen molar-refractivity contribution < 1.29 is 22.9 Å². The largest absolute Gasteiger partial charge is 0.416 e. The van der Waals surface area contributed by atoms with Crippen LogP contribution in [0.1, 0.15) is 31.7 Å². The van der Waals surface area contributed by atoms with E-state index in [1.807, 2.05) is 6.92 Å². The van der Waals surface area contributed by atoms with E-state index in [-0.39, 0.29) is 49.1 Å². The molecule has 0 bridgehead atoms. The van der Waals surface area contributed by atoms with Gasteiger partial charge in [-0.3, -0.25) is 14.9 Å². The fourth-order valence-electron chi connectivity index (χ4n) is 2.84. The summed E-state index contributed by atoms with van der Waals surface area (Å²) in [6.07, 6.45) is -2.77. The van der Waals surface area contributed by atoms with Crippen molar-refractivity contribution in [3.8, 4) is 0 Å².